The van der Waals surface area contributed by atoms with E-state index < -0.39 is 0 Å². The third-order valence-electron chi connectivity index (χ3n) is 9.67. The maximum Gasteiger partial charge on any atom is 0.159 e. The number of anilines is 3. The van der Waals surface area contributed by atoms with E-state index in [-0.39, 0.29) is 0 Å². The number of thiophene rings is 1. The first-order valence-electron chi connectivity index (χ1n) is 16.6. The first-order valence-corrected chi connectivity index (χ1v) is 17.4. The van der Waals surface area contributed by atoms with Crippen molar-refractivity contribution in [3.05, 3.63) is 176 Å². The second-order valence-electron chi connectivity index (χ2n) is 12.5. The van der Waals surface area contributed by atoms with Gasteiger partial charge in [0.05, 0.1) is 5.69 Å². The van der Waals surface area contributed by atoms with Gasteiger partial charge in [0, 0.05) is 42.3 Å². The molecule has 0 saturated carbocycles. The molecule has 0 fully saturated rings. The summed E-state index contributed by atoms with van der Waals surface area (Å²) < 4.78 is 9.23. The van der Waals surface area contributed by atoms with Crippen molar-refractivity contribution in [1.29, 1.82) is 0 Å². The molecule has 3 heteroatoms. The quantitative estimate of drug-likeness (QED) is 0.186. The zero-order valence-corrected chi connectivity index (χ0v) is 27.3. The van der Waals surface area contributed by atoms with E-state index in [1.807, 2.05) is 17.4 Å². The molecular weight excluding hydrogens is 615 g/mol. The molecule has 2 aromatic heterocycles. The highest BCUT2D eigenvalue weighted by Gasteiger charge is 2.20. The number of hydrogen-bond donors (Lipinski definition) is 0. The summed E-state index contributed by atoms with van der Waals surface area (Å²) in [6.07, 6.45) is 0. The highest BCUT2D eigenvalue weighted by molar-refractivity contribution is 7.25. The van der Waals surface area contributed by atoms with Crippen molar-refractivity contribution >= 4 is 81.3 Å². The maximum atomic E-state index is 6.62. The van der Waals surface area contributed by atoms with Gasteiger partial charge in [0.25, 0.3) is 0 Å². The Morgan fingerprint density at radius 1 is 0.429 bits per heavy atom. The van der Waals surface area contributed by atoms with Crippen molar-refractivity contribution in [2.24, 2.45) is 0 Å². The SMILES string of the molecule is c1cc(-c2cccc3sc4ccccc4c23)cc(N(c2ccc(-c3cccc4ccccc34)cc2)c2cccc3c2oc2ccccc23)c1. The lowest BCUT2D eigenvalue weighted by Gasteiger charge is -2.26. The normalized spacial score (nSPS) is 11.7. The minimum absolute atomic E-state index is 0.873. The van der Waals surface area contributed by atoms with Crippen LogP contribution >= 0.6 is 11.3 Å². The first-order chi connectivity index (χ1) is 24.3. The van der Waals surface area contributed by atoms with E-state index in [2.05, 4.69) is 175 Å². The van der Waals surface area contributed by atoms with Gasteiger partial charge < -0.3 is 9.32 Å². The van der Waals surface area contributed by atoms with E-state index in [4.69, 9.17) is 4.42 Å². The number of benzene rings is 8. The van der Waals surface area contributed by atoms with Crippen LogP contribution in [0.4, 0.5) is 17.1 Å². The Hall–Kier alpha value is -6.16. The highest BCUT2D eigenvalue weighted by Crippen LogP contribution is 2.45. The largest absolute Gasteiger partial charge is 0.454 e. The van der Waals surface area contributed by atoms with Crippen molar-refractivity contribution in [2.75, 3.05) is 4.90 Å². The zero-order chi connectivity index (χ0) is 32.3. The Bertz CT molecular complexity index is 2840. The minimum atomic E-state index is 0.873. The van der Waals surface area contributed by atoms with Crippen LogP contribution < -0.4 is 4.90 Å². The van der Waals surface area contributed by atoms with Crippen LogP contribution in [-0.2, 0) is 0 Å². The minimum Gasteiger partial charge on any atom is -0.454 e. The molecule has 0 aliphatic heterocycles. The summed E-state index contributed by atoms with van der Waals surface area (Å²) in [7, 11) is 0. The standard InChI is InChI=1S/C46H29NOS/c1-2-15-35-30(11-1)12-8-18-36(35)31-25-27-33(28-26-31)47(41-21-9-20-39-38-16-3-5-22-42(38)48-46(39)41)34-14-7-13-32(29-34)37-19-10-24-44-45(37)40-17-4-6-23-43(40)49-44/h1-29H. The third-order valence-corrected chi connectivity index (χ3v) is 10.8. The molecule has 0 atom stereocenters. The zero-order valence-electron chi connectivity index (χ0n) is 26.5. The van der Waals surface area contributed by atoms with Gasteiger partial charge in [-0.2, -0.15) is 0 Å². The fraction of sp³-hybridized carbons (Fsp3) is 0. The Kier molecular flexibility index (Phi) is 6.39. The second-order valence-corrected chi connectivity index (χ2v) is 13.6. The number of furan rings is 1. The molecule has 8 aromatic carbocycles. The fourth-order valence-electron chi connectivity index (χ4n) is 7.43. The van der Waals surface area contributed by atoms with Gasteiger partial charge in [-0.25, -0.2) is 0 Å². The van der Waals surface area contributed by atoms with Gasteiger partial charge in [-0.3, -0.25) is 0 Å². The second kappa shape index (κ2) is 11.2. The average Bonchev–Trinajstić information content (AvgIpc) is 3.74. The van der Waals surface area contributed by atoms with Crippen LogP contribution in [0.3, 0.4) is 0 Å². The number of para-hydroxylation sites is 2. The van der Waals surface area contributed by atoms with Crippen molar-refractivity contribution in [2.45, 2.75) is 0 Å². The molecule has 230 valence electrons. The van der Waals surface area contributed by atoms with Crippen molar-refractivity contribution < 1.29 is 4.42 Å². The molecule has 0 amide bonds. The molecule has 0 aliphatic carbocycles. The Morgan fingerprint density at radius 3 is 2.02 bits per heavy atom. The number of hydrogen-bond acceptors (Lipinski definition) is 3. The predicted molar refractivity (Wildman–Crippen MR) is 210 cm³/mol. The summed E-state index contributed by atoms with van der Waals surface area (Å²) in [5, 5.41) is 7.34. The fourth-order valence-corrected chi connectivity index (χ4v) is 8.56. The molecule has 0 unspecified atom stereocenters. The smallest absolute Gasteiger partial charge is 0.159 e. The molecule has 0 spiro atoms. The number of nitrogens with zero attached hydrogens (tertiary/aromatic N) is 1. The van der Waals surface area contributed by atoms with Crippen molar-refractivity contribution in [3.8, 4) is 22.3 Å². The monoisotopic (exact) mass is 643 g/mol. The van der Waals surface area contributed by atoms with E-state index in [1.54, 1.807) is 0 Å². The Morgan fingerprint density at radius 2 is 1.10 bits per heavy atom. The van der Waals surface area contributed by atoms with E-state index >= 15 is 0 Å². The van der Waals surface area contributed by atoms with Crippen molar-refractivity contribution in [1.82, 2.24) is 0 Å². The molecule has 2 heterocycles. The van der Waals surface area contributed by atoms with Crippen LogP contribution in [0.2, 0.25) is 0 Å². The van der Waals surface area contributed by atoms with Crippen LogP contribution in [0.15, 0.2) is 180 Å². The van der Waals surface area contributed by atoms with Gasteiger partial charge in [-0.15, -0.1) is 11.3 Å². The van der Waals surface area contributed by atoms with E-state index in [0.29, 0.717) is 0 Å². The Balaban J connectivity index is 1.17. The van der Waals surface area contributed by atoms with Crippen molar-refractivity contribution in [3.63, 3.8) is 0 Å². The summed E-state index contributed by atoms with van der Waals surface area (Å²) in [5.74, 6) is 0. The molecule has 0 bridgehead atoms. The van der Waals surface area contributed by atoms with Crippen LogP contribution in [0.5, 0.6) is 0 Å². The molecule has 0 radical (unpaired) electrons. The van der Waals surface area contributed by atoms with Gasteiger partial charge in [-0.1, -0.05) is 127 Å². The van der Waals surface area contributed by atoms with E-state index in [0.717, 1.165) is 39.0 Å². The third kappa shape index (κ3) is 4.55. The van der Waals surface area contributed by atoms with Gasteiger partial charge in [0.1, 0.15) is 5.58 Å². The molecular formula is C46H29NOS. The number of fused-ring (bicyclic) bond motifs is 7. The lowest BCUT2D eigenvalue weighted by atomic mass is 9.97. The highest BCUT2D eigenvalue weighted by atomic mass is 32.1. The van der Waals surface area contributed by atoms with Gasteiger partial charge in [-0.05, 0) is 81.6 Å². The maximum absolute atomic E-state index is 6.62. The molecule has 10 rings (SSSR count). The summed E-state index contributed by atoms with van der Waals surface area (Å²) in [6.45, 7) is 0. The van der Waals surface area contributed by atoms with Crippen LogP contribution in [-0.4, -0.2) is 0 Å². The lowest BCUT2D eigenvalue weighted by Crippen LogP contribution is -2.10. The molecule has 0 saturated heterocycles. The molecule has 0 N–H and O–H groups in total. The summed E-state index contributed by atoms with van der Waals surface area (Å²) >= 11 is 1.86. The average molecular weight is 644 g/mol. The van der Waals surface area contributed by atoms with Gasteiger partial charge >= 0.3 is 0 Å². The van der Waals surface area contributed by atoms with E-state index in [9.17, 15) is 0 Å². The van der Waals surface area contributed by atoms with Gasteiger partial charge in [0.2, 0.25) is 0 Å². The van der Waals surface area contributed by atoms with Crippen LogP contribution in [0.1, 0.15) is 0 Å². The summed E-state index contributed by atoms with van der Waals surface area (Å²) in [6, 6.07) is 63.2. The van der Waals surface area contributed by atoms with Gasteiger partial charge in [0.15, 0.2) is 5.58 Å². The molecule has 2 nitrogen and oxygen atoms in total. The lowest BCUT2D eigenvalue weighted by molar-refractivity contribution is 0.669. The topological polar surface area (TPSA) is 16.4 Å². The molecule has 49 heavy (non-hydrogen) atoms. The van der Waals surface area contributed by atoms with Crippen LogP contribution in [0.25, 0.3) is 75.1 Å². The van der Waals surface area contributed by atoms with E-state index in [1.165, 1.54) is 53.2 Å². The first kappa shape index (κ1) is 27.9. The summed E-state index contributed by atoms with van der Waals surface area (Å²) in [5.41, 5.74) is 9.74. The predicted octanol–water partition coefficient (Wildman–Crippen LogP) is 13.9. The molecule has 0 aliphatic rings. The van der Waals surface area contributed by atoms with Crippen LogP contribution in [0, 0.1) is 0 Å². The Labute approximate surface area is 287 Å². The molecule has 10 aromatic rings. The summed E-state index contributed by atoms with van der Waals surface area (Å²) in [4.78, 5) is 2.34. The number of rotatable bonds is 5.